The molecule has 3 rings (SSSR count). The molecule has 0 saturated heterocycles. The van der Waals surface area contributed by atoms with Gasteiger partial charge in [0.15, 0.2) is 0 Å². The van der Waals surface area contributed by atoms with E-state index in [2.05, 4.69) is 23.9 Å². The molecule has 1 amide bonds. The lowest BCUT2D eigenvalue weighted by molar-refractivity contribution is -0.136. The molecule has 33 heavy (non-hydrogen) atoms. The van der Waals surface area contributed by atoms with Crippen LogP contribution in [0.1, 0.15) is 22.0 Å². The molecular formula is C26H32N2O4S. The Kier molecular flexibility index (Phi) is 9.52. The summed E-state index contributed by atoms with van der Waals surface area (Å²) in [5.41, 5.74) is 2.33. The molecule has 2 atom stereocenters. The summed E-state index contributed by atoms with van der Waals surface area (Å²) in [6.45, 7) is 8.09. The third-order valence-corrected chi connectivity index (χ3v) is 6.55. The number of ether oxygens (including phenoxy) is 2. The van der Waals surface area contributed by atoms with E-state index in [4.69, 9.17) is 15.9 Å². The zero-order valence-electron chi connectivity index (χ0n) is 19.1. The average Bonchev–Trinajstić information content (AvgIpc) is 3.28. The van der Waals surface area contributed by atoms with E-state index in [-0.39, 0.29) is 31.7 Å². The molecule has 0 bridgehead atoms. The zero-order chi connectivity index (χ0) is 23.6. The number of hydrogen-bond donors (Lipinski definition) is 1. The van der Waals surface area contributed by atoms with E-state index < -0.39 is 6.10 Å². The molecule has 1 aliphatic rings. The van der Waals surface area contributed by atoms with Crippen molar-refractivity contribution in [3.05, 3.63) is 64.4 Å². The van der Waals surface area contributed by atoms with Gasteiger partial charge in [-0.3, -0.25) is 9.69 Å². The Bertz CT molecular complexity index is 950. The molecule has 1 N–H and O–H groups in total. The number of rotatable bonds is 12. The monoisotopic (exact) mass is 468 g/mol. The summed E-state index contributed by atoms with van der Waals surface area (Å²) in [7, 11) is 0. The molecule has 1 aromatic carbocycles. The van der Waals surface area contributed by atoms with Crippen molar-refractivity contribution in [1.82, 2.24) is 9.80 Å². The van der Waals surface area contributed by atoms with Crippen molar-refractivity contribution in [3.63, 3.8) is 0 Å². The quantitative estimate of drug-likeness (QED) is 0.295. The molecule has 7 heteroatoms. The fraction of sp³-hybridized carbons (Fsp3) is 0.423. The van der Waals surface area contributed by atoms with Crippen LogP contribution in [-0.2, 0) is 16.0 Å². The zero-order valence-corrected chi connectivity index (χ0v) is 19.9. The second kappa shape index (κ2) is 12.6. The van der Waals surface area contributed by atoms with Crippen LogP contribution in [0.3, 0.4) is 0 Å². The summed E-state index contributed by atoms with van der Waals surface area (Å²) in [6, 6.07) is 9.88. The van der Waals surface area contributed by atoms with Crippen LogP contribution >= 0.6 is 11.3 Å². The van der Waals surface area contributed by atoms with Crippen LogP contribution in [0.15, 0.2) is 48.4 Å². The third kappa shape index (κ3) is 7.18. The molecule has 176 valence electrons. The van der Waals surface area contributed by atoms with Crippen LogP contribution in [0, 0.1) is 19.3 Å². The number of amides is 1. The highest BCUT2D eigenvalue weighted by Crippen LogP contribution is 2.34. The minimum absolute atomic E-state index is 0.00273. The topological polar surface area (TPSA) is 62.2 Å². The number of aliphatic hydroxyl groups is 1. The van der Waals surface area contributed by atoms with Gasteiger partial charge < -0.3 is 19.5 Å². The predicted octanol–water partition coefficient (Wildman–Crippen LogP) is 3.06. The first-order chi connectivity index (χ1) is 16.0. The number of benzene rings is 1. The maximum absolute atomic E-state index is 13.4. The van der Waals surface area contributed by atoms with E-state index in [9.17, 15) is 9.90 Å². The maximum atomic E-state index is 13.4. The van der Waals surface area contributed by atoms with Gasteiger partial charge in [0, 0.05) is 24.5 Å². The lowest BCUT2D eigenvalue weighted by atomic mass is 10.0. The Morgan fingerprint density at radius 2 is 2.21 bits per heavy atom. The van der Waals surface area contributed by atoms with Crippen molar-refractivity contribution in [2.75, 3.05) is 46.0 Å². The SMILES string of the molecule is C#CCOC[C@H](O)CN(CC=C)CC(=O)N1CCc2sccc2[C@@H]1COc1ccc(C)cc1. The first-order valence-electron chi connectivity index (χ1n) is 11.1. The van der Waals surface area contributed by atoms with E-state index in [1.165, 1.54) is 10.4 Å². The lowest BCUT2D eigenvalue weighted by Gasteiger charge is -2.37. The molecule has 0 radical (unpaired) electrons. The van der Waals surface area contributed by atoms with Gasteiger partial charge in [0.2, 0.25) is 5.91 Å². The number of aryl methyl sites for hydroxylation is 1. The van der Waals surface area contributed by atoms with Crippen molar-refractivity contribution >= 4 is 17.2 Å². The number of carbonyl (C=O) groups is 1. The van der Waals surface area contributed by atoms with Crippen molar-refractivity contribution < 1.29 is 19.4 Å². The van der Waals surface area contributed by atoms with Crippen LogP contribution < -0.4 is 4.74 Å². The van der Waals surface area contributed by atoms with Gasteiger partial charge in [-0.15, -0.1) is 24.3 Å². The van der Waals surface area contributed by atoms with Gasteiger partial charge in [0.25, 0.3) is 0 Å². The first-order valence-corrected chi connectivity index (χ1v) is 12.0. The molecule has 2 heterocycles. The van der Waals surface area contributed by atoms with Crippen molar-refractivity contribution in [2.24, 2.45) is 0 Å². The maximum Gasteiger partial charge on any atom is 0.237 e. The molecule has 1 aromatic heterocycles. The number of nitrogens with zero attached hydrogens (tertiary/aromatic N) is 2. The first kappa shape index (κ1) is 25.0. The molecule has 0 unspecified atom stereocenters. The Labute approximate surface area is 200 Å². The molecule has 0 saturated carbocycles. The lowest BCUT2D eigenvalue weighted by Crippen LogP contribution is -2.48. The Hall–Kier alpha value is -2.63. The summed E-state index contributed by atoms with van der Waals surface area (Å²) in [6.07, 6.45) is 7.01. The number of fused-ring (bicyclic) bond motifs is 1. The van der Waals surface area contributed by atoms with Crippen molar-refractivity contribution in [1.29, 1.82) is 0 Å². The minimum Gasteiger partial charge on any atom is -0.491 e. The number of terminal acetylenes is 1. The molecule has 6 nitrogen and oxygen atoms in total. The van der Waals surface area contributed by atoms with Gasteiger partial charge in [-0.1, -0.05) is 29.7 Å². The number of hydrogen-bond acceptors (Lipinski definition) is 6. The van der Waals surface area contributed by atoms with Gasteiger partial charge in [0.05, 0.1) is 25.3 Å². The predicted molar refractivity (Wildman–Crippen MR) is 131 cm³/mol. The van der Waals surface area contributed by atoms with Crippen molar-refractivity contribution in [2.45, 2.75) is 25.5 Å². The molecule has 0 aliphatic carbocycles. The van der Waals surface area contributed by atoms with Gasteiger partial charge in [-0.2, -0.15) is 0 Å². The highest BCUT2D eigenvalue weighted by atomic mass is 32.1. The highest BCUT2D eigenvalue weighted by Gasteiger charge is 2.33. The fourth-order valence-electron chi connectivity index (χ4n) is 3.96. The largest absolute Gasteiger partial charge is 0.491 e. The minimum atomic E-state index is -0.739. The second-order valence-corrected chi connectivity index (χ2v) is 9.13. The third-order valence-electron chi connectivity index (χ3n) is 5.55. The molecule has 0 fully saturated rings. The van der Waals surface area contributed by atoms with E-state index in [0.29, 0.717) is 26.2 Å². The Morgan fingerprint density at radius 3 is 2.94 bits per heavy atom. The van der Waals surface area contributed by atoms with Crippen LogP contribution in [0.4, 0.5) is 0 Å². The van der Waals surface area contributed by atoms with Crippen LogP contribution in [-0.4, -0.2) is 72.9 Å². The molecule has 2 aromatic rings. The highest BCUT2D eigenvalue weighted by molar-refractivity contribution is 7.10. The fourth-order valence-corrected chi connectivity index (χ4v) is 4.89. The second-order valence-electron chi connectivity index (χ2n) is 8.13. The standard InChI is InChI=1S/C26H32N2O4S/c1-4-12-27(16-21(29)18-31-14-5-2)17-26(30)28-13-10-25-23(11-15-33-25)24(28)19-32-22-8-6-20(3)7-9-22/h2,4,6-9,11,15,21,24,29H,1,10,12-14,16-19H2,3H3/t21-,24+/m1/s1. The summed E-state index contributed by atoms with van der Waals surface area (Å²) in [5.74, 6) is 3.17. The number of thiophene rings is 1. The van der Waals surface area contributed by atoms with E-state index >= 15 is 0 Å². The van der Waals surface area contributed by atoms with E-state index in [0.717, 1.165) is 17.7 Å². The molecular weight excluding hydrogens is 436 g/mol. The van der Waals surface area contributed by atoms with Gasteiger partial charge in [-0.05, 0) is 42.5 Å². The summed E-state index contributed by atoms with van der Waals surface area (Å²) in [4.78, 5) is 18.5. The Balaban J connectivity index is 1.67. The van der Waals surface area contributed by atoms with E-state index in [1.54, 1.807) is 17.4 Å². The van der Waals surface area contributed by atoms with E-state index in [1.807, 2.05) is 41.0 Å². The summed E-state index contributed by atoms with van der Waals surface area (Å²) < 4.78 is 11.3. The van der Waals surface area contributed by atoms with Gasteiger partial charge in [-0.25, -0.2) is 0 Å². The Morgan fingerprint density at radius 1 is 1.42 bits per heavy atom. The van der Waals surface area contributed by atoms with Crippen molar-refractivity contribution in [3.8, 4) is 18.1 Å². The number of aliphatic hydroxyl groups excluding tert-OH is 1. The normalized spacial score (nSPS) is 16.2. The van der Waals surface area contributed by atoms with Crippen LogP contribution in [0.25, 0.3) is 0 Å². The average molecular weight is 469 g/mol. The molecule has 1 aliphatic heterocycles. The summed E-state index contributed by atoms with van der Waals surface area (Å²) in [5, 5.41) is 12.3. The van der Waals surface area contributed by atoms with Crippen LogP contribution in [0.2, 0.25) is 0 Å². The smallest absolute Gasteiger partial charge is 0.237 e. The van der Waals surface area contributed by atoms with Gasteiger partial charge >= 0.3 is 0 Å². The van der Waals surface area contributed by atoms with Gasteiger partial charge in [0.1, 0.15) is 19.0 Å². The summed E-state index contributed by atoms with van der Waals surface area (Å²) >= 11 is 1.73. The van der Waals surface area contributed by atoms with Crippen LogP contribution in [0.5, 0.6) is 5.75 Å². The number of carbonyl (C=O) groups excluding carboxylic acids is 1. The molecule has 0 spiro atoms.